The van der Waals surface area contributed by atoms with E-state index in [4.69, 9.17) is 0 Å². The fraction of sp³-hybridized carbons (Fsp3) is 0.435. The smallest absolute Gasteiger partial charge is 0.264 e. The highest BCUT2D eigenvalue weighted by Crippen LogP contribution is 2.26. The minimum atomic E-state index is -3.87. The van der Waals surface area contributed by atoms with Crippen molar-refractivity contribution in [2.45, 2.75) is 48.8 Å². The summed E-state index contributed by atoms with van der Waals surface area (Å²) in [6.45, 7) is 2.33. The minimum Gasteiger partial charge on any atom is -0.354 e. The third-order valence-corrected chi connectivity index (χ3v) is 8.10. The molecule has 1 fully saturated rings. The van der Waals surface area contributed by atoms with Crippen LogP contribution in [0.1, 0.15) is 37.7 Å². The van der Waals surface area contributed by atoms with Gasteiger partial charge in [0, 0.05) is 11.4 Å². The van der Waals surface area contributed by atoms with Crippen molar-refractivity contribution < 1.29 is 13.2 Å². The van der Waals surface area contributed by atoms with Crippen molar-refractivity contribution in [2.75, 3.05) is 23.7 Å². The van der Waals surface area contributed by atoms with Gasteiger partial charge in [0.15, 0.2) is 0 Å². The van der Waals surface area contributed by atoms with Crippen LogP contribution in [0.25, 0.3) is 0 Å². The van der Waals surface area contributed by atoms with Gasteiger partial charge in [-0.3, -0.25) is 9.10 Å². The number of nitrogens with one attached hydrogen (secondary N) is 1. The number of thioether (sulfide) groups is 1. The van der Waals surface area contributed by atoms with Crippen LogP contribution in [-0.4, -0.2) is 33.7 Å². The summed E-state index contributed by atoms with van der Waals surface area (Å²) < 4.78 is 28.0. The monoisotopic (exact) mass is 446 g/mol. The Kier molecular flexibility index (Phi) is 7.83. The van der Waals surface area contributed by atoms with Gasteiger partial charge >= 0.3 is 0 Å². The Morgan fingerprint density at radius 1 is 1.03 bits per heavy atom. The second-order valence-electron chi connectivity index (χ2n) is 7.83. The number of amides is 1. The molecular weight excluding hydrogens is 416 g/mol. The zero-order valence-electron chi connectivity index (χ0n) is 17.6. The van der Waals surface area contributed by atoms with Crippen LogP contribution in [0.5, 0.6) is 0 Å². The van der Waals surface area contributed by atoms with Gasteiger partial charge in [0.1, 0.15) is 6.54 Å². The molecule has 2 aromatic carbocycles. The molecule has 0 saturated heterocycles. The molecule has 0 aromatic heterocycles. The van der Waals surface area contributed by atoms with Crippen molar-refractivity contribution in [1.82, 2.24) is 5.32 Å². The number of aryl methyl sites for hydroxylation is 1. The highest BCUT2D eigenvalue weighted by Gasteiger charge is 2.27. The number of hydrogen-bond donors (Lipinski definition) is 1. The van der Waals surface area contributed by atoms with Crippen LogP contribution in [-0.2, 0) is 14.8 Å². The van der Waals surface area contributed by atoms with Crippen molar-refractivity contribution in [3.63, 3.8) is 0 Å². The Hall–Kier alpha value is -1.99. The first kappa shape index (κ1) is 22.7. The first-order chi connectivity index (χ1) is 14.4. The quantitative estimate of drug-likeness (QED) is 0.602. The third-order valence-electron chi connectivity index (χ3n) is 5.57. The molecule has 1 aliphatic rings. The SMILES string of the molecule is CSc1ccc(S(=O)(=O)N(CC(=O)NCC2CCCCC2)c2ccc(C)cc2)cc1. The van der Waals surface area contributed by atoms with Gasteiger partial charge < -0.3 is 5.32 Å². The summed E-state index contributed by atoms with van der Waals surface area (Å²) >= 11 is 1.55. The van der Waals surface area contributed by atoms with E-state index >= 15 is 0 Å². The van der Waals surface area contributed by atoms with Crippen molar-refractivity contribution >= 4 is 33.4 Å². The van der Waals surface area contributed by atoms with Crippen molar-refractivity contribution in [2.24, 2.45) is 5.92 Å². The van der Waals surface area contributed by atoms with E-state index in [0.717, 1.165) is 23.3 Å². The second-order valence-corrected chi connectivity index (χ2v) is 10.6. The van der Waals surface area contributed by atoms with E-state index in [1.807, 2.05) is 25.3 Å². The number of nitrogens with zero attached hydrogens (tertiary/aromatic N) is 1. The Morgan fingerprint density at radius 3 is 2.27 bits per heavy atom. The van der Waals surface area contributed by atoms with Gasteiger partial charge in [0.2, 0.25) is 5.91 Å². The second kappa shape index (κ2) is 10.4. The number of sulfonamides is 1. The average Bonchev–Trinajstić information content (AvgIpc) is 2.77. The van der Waals surface area contributed by atoms with Crippen LogP contribution in [0.15, 0.2) is 58.3 Å². The number of carbonyl (C=O) groups excluding carboxylic acids is 1. The first-order valence-corrected chi connectivity index (χ1v) is 13.1. The summed E-state index contributed by atoms with van der Waals surface area (Å²) in [5.41, 5.74) is 1.52. The molecule has 0 heterocycles. The molecule has 162 valence electrons. The van der Waals surface area contributed by atoms with E-state index in [1.165, 1.54) is 23.6 Å². The highest BCUT2D eigenvalue weighted by atomic mass is 32.2. The van der Waals surface area contributed by atoms with Crippen LogP contribution in [0.3, 0.4) is 0 Å². The Bertz CT molecular complexity index is 935. The number of anilines is 1. The standard InChI is InChI=1S/C23H30N2O3S2/c1-18-8-10-20(11-9-18)25(17-23(26)24-16-19-6-4-3-5-7-19)30(27,28)22-14-12-21(29-2)13-15-22/h8-15,19H,3-7,16-17H2,1-2H3,(H,24,26). The molecule has 2 aromatic rings. The summed E-state index contributed by atoms with van der Waals surface area (Å²) in [5, 5.41) is 2.96. The Morgan fingerprint density at radius 2 is 1.67 bits per heavy atom. The lowest BCUT2D eigenvalue weighted by Gasteiger charge is -2.26. The fourth-order valence-electron chi connectivity index (χ4n) is 3.74. The van der Waals surface area contributed by atoms with E-state index in [1.54, 1.807) is 48.2 Å². The summed E-state index contributed by atoms with van der Waals surface area (Å²) in [4.78, 5) is 13.9. The predicted molar refractivity (Wildman–Crippen MR) is 124 cm³/mol. The van der Waals surface area contributed by atoms with E-state index in [9.17, 15) is 13.2 Å². The lowest BCUT2D eigenvalue weighted by molar-refractivity contribution is -0.119. The molecule has 0 radical (unpaired) electrons. The molecule has 1 N–H and O–H groups in total. The maximum Gasteiger partial charge on any atom is 0.264 e. The zero-order valence-corrected chi connectivity index (χ0v) is 19.3. The molecule has 1 amide bonds. The minimum absolute atomic E-state index is 0.181. The Balaban J connectivity index is 1.80. The fourth-order valence-corrected chi connectivity index (χ4v) is 5.57. The van der Waals surface area contributed by atoms with Gasteiger partial charge in [-0.15, -0.1) is 11.8 Å². The molecule has 3 rings (SSSR count). The van der Waals surface area contributed by atoms with Crippen molar-refractivity contribution in [1.29, 1.82) is 0 Å². The van der Waals surface area contributed by atoms with Crippen LogP contribution >= 0.6 is 11.8 Å². The lowest BCUT2D eigenvalue weighted by atomic mass is 9.89. The van der Waals surface area contributed by atoms with Gasteiger partial charge in [0.05, 0.1) is 10.6 Å². The van der Waals surface area contributed by atoms with Gasteiger partial charge in [-0.05, 0) is 68.3 Å². The zero-order chi connectivity index (χ0) is 21.6. The van der Waals surface area contributed by atoms with Crippen LogP contribution < -0.4 is 9.62 Å². The van der Waals surface area contributed by atoms with Crippen molar-refractivity contribution in [3.8, 4) is 0 Å². The number of hydrogen-bond acceptors (Lipinski definition) is 4. The normalized spacial score (nSPS) is 15.0. The van der Waals surface area contributed by atoms with Crippen LogP contribution in [0, 0.1) is 12.8 Å². The molecule has 0 bridgehead atoms. The molecule has 30 heavy (non-hydrogen) atoms. The average molecular weight is 447 g/mol. The Labute approximate surface area is 184 Å². The molecule has 1 saturated carbocycles. The molecular formula is C23H30N2O3S2. The van der Waals surface area contributed by atoms with Gasteiger partial charge in [-0.2, -0.15) is 0 Å². The van der Waals surface area contributed by atoms with Gasteiger partial charge in [-0.1, -0.05) is 37.0 Å². The summed E-state index contributed by atoms with van der Waals surface area (Å²) in [6.07, 6.45) is 7.87. The van der Waals surface area contributed by atoms with E-state index in [0.29, 0.717) is 18.2 Å². The van der Waals surface area contributed by atoms with E-state index < -0.39 is 10.0 Å². The largest absolute Gasteiger partial charge is 0.354 e. The van der Waals surface area contributed by atoms with Crippen LogP contribution in [0.4, 0.5) is 5.69 Å². The number of carbonyl (C=O) groups is 1. The summed E-state index contributed by atoms with van der Waals surface area (Å²) in [5.74, 6) is 0.219. The maximum absolute atomic E-state index is 13.4. The highest BCUT2D eigenvalue weighted by molar-refractivity contribution is 7.98. The maximum atomic E-state index is 13.4. The third kappa shape index (κ3) is 5.79. The predicted octanol–water partition coefficient (Wildman–Crippen LogP) is 4.61. The van der Waals surface area contributed by atoms with Crippen LogP contribution in [0.2, 0.25) is 0 Å². The van der Waals surface area contributed by atoms with E-state index in [2.05, 4.69) is 5.32 Å². The number of benzene rings is 2. The molecule has 1 aliphatic carbocycles. The first-order valence-electron chi connectivity index (χ1n) is 10.4. The number of rotatable bonds is 8. The topological polar surface area (TPSA) is 66.5 Å². The lowest BCUT2D eigenvalue weighted by Crippen LogP contribution is -2.42. The summed E-state index contributed by atoms with van der Waals surface area (Å²) in [7, 11) is -3.87. The molecule has 0 unspecified atom stereocenters. The van der Waals surface area contributed by atoms with Gasteiger partial charge in [-0.25, -0.2) is 8.42 Å². The summed E-state index contributed by atoms with van der Waals surface area (Å²) in [6, 6.07) is 14.0. The molecule has 7 heteroatoms. The van der Waals surface area contributed by atoms with E-state index in [-0.39, 0.29) is 17.3 Å². The van der Waals surface area contributed by atoms with Gasteiger partial charge in [0.25, 0.3) is 10.0 Å². The molecule has 0 atom stereocenters. The molecule has 5 nitrogen and oxygen atoms in total. The molecule has 0 spiro atoms. The van der Waals surface area contributed by atoms with Crippen molar-refractivity contribution in [3.05, 3.63) is 54.1 Å². The molecule has 0 aliphatic heterocycles.